The molecule has 14 heteroatoms. The van der Waals surface area contributed by atoms with Gasteiger partial charge >= 0.3 is 0 Å². The highest BCUT2D eigenvalue weighted by molar-refractivity contribution is 7.92. The van der Waals surface area contributed by atoms with Crippen molar-refractivity contribution in [3.05, 3.63) is 60.2 Å². The van der Waals surface area contributed by atoms with Gasteiger partial charge in [-0.2, -0.15) is 0 Å². The van der Waals surface area contributed by atoms with Crippen molar-refractivity contribution < 1.29 is 22.6 Å². The molecule has 1 aromatic carbocycles. The summed E-state index contributed by atoms with van der Waals surface area (Å²) in [5.41, 5.74) is 7.66. The lowest BCUT2D eigenvalue weighted by Crippen LogP contribution is -2.28. The number of aryl methyl sites for hydroxylation is 1. The number of hydrogen-bond donors (Lipinski definition) is 2. The maximum absolute atomic E-state index is 13.2. The van der Waals surface area contributed by atoms with E-state index < -0.39 is 21.8 Å². The minimum atomic E-state index is -4.05. The predicted octanol–water partition coefficient (Wildman–Crippen LogP) is 1.90. The van der Waals surface area contributed by atoms with Gasteiger partial charge in [-0.1, -0.05) is 12.1 Å². The standard InChI is InChI=1S/C23H26N8O5S/c1-14-11-25-21(26-12-14)15(24)13-37(32,33)30-23-29-28-22(16-7-5-10-19(27-16)36-4)31(23)20-17(34-2)8-6-9-18(20)35-3/h5-12,15H,13,24H2,1-4H3,(H,29,30)/t15-/m1/s1. The number of benzene rings is 1. The summed E-state index contributed by atoms with van der Waals surface area (Å²) < 4.78 is 46.6. The Morgan fingerprint density at radius 3 is 2.24 bits per heavy atom. The van der Waals surface area contributed by atoms with Gasteiger partial charge in [-0.25, -0.2) is 23.4 Å². The number of aromatic nitrogens is 6. The second kappa shape index (κ2) is 10.8. The number of hydrogen-bond acceptors (Lipinski definition) is 11. The third-order valence-corrected chi connectivity index (χ3v) is 6.52. The van der Waals surface area contributed by atoms with E-state index in [0.29, 0.717) is 28.8 Å². The van der Waals surface area contributed by atoms with E-state index in [1.807, 2.05) is 6.92 Å². The number of anilines is 1. The van der Waals surface area contributed by atoms with Crippen LogP contribution in [0.3, 0.4) is 0 Å². The van der Waals surface area contributed by atoms with Crippen LogP contribution in [-0.4, -0.2) is 65.2 Å². The number of rotatable bonds is 10. The number of nitrogens with one attached hydrogen (secondary N) is 1. The third kappa shape index (κ3) is 5.59. The Kier molecular flexibility index (Phi) is 7.50. The maximum Gasteiger partial charge on any atom is 0.243 e. The summed E-state index contributed by atoms with van der Waals surface area (Å²) in [6.45, 7) is 1.82. The smallest absolute Gasteiger partial charge is 0.243 e. The van der Waals surface area contributed by atoms with E-state index in [2.05, 4.69) is 29.9 Å². The molecule has 3 heterocycles. The molecule has 0 fully saturated rings. The van der Waals surface area contributed by atoms with Crippen LogP contribution in [0.4, 0.5) is 5.95 Å². The van der Waals surface area contributed by atoms with E-state index in [-0.39, 0.29) is 17.6 Å². The molecule has 0 saturated carbocycles. The minimum Gasteiger partial charge on any atom is -0.494 e. The lowest BCUT2D eigenvalue weighted by molar-refractivity contribution is 0.391. The molecule has 4 rings (SSSR count). The zero-order valence-electron chi connectivity index (χ0n) is 20.6. The Labute approximate surface area is 213 Å². The first-order valence-electron chi connectivity index (χ1n) is 11.0. The fourth-order valence-corrected chi connectivity index (χ4v) is 4.63. The Hall–Kier alpha value is -4.30. The predicted molar refractivity (Wildman–Crippen MR) is 135 cm³/mol. The van der Waals surface area contributed by atoms with E-state index in [1.54, 1.807) is 48.8 Å². The van der Waals surface area contributed by atoms with Gasteiger partial charge in [0, 0.05) is 18.5 Å². The summed E-state index contributed by atoms with van der Waals surface area (Å²) in [5.74, 6) is 0.890. The van der Waals surface area contributed by atoms with Crippen LogP contribution in [0.5, 0.6) is 17.4 Å². The van der Waals surface area contributed by atoms with Crippen molar-refractivity contribution >= 4 is 16.0 Å². The number of sulfonamides is 1. The summed E-state index contributed by atoms with van der Waals surface area (Å²) in [6, 6.07) is 9.24. The topological polar surface area (TPSA) is 169 Å². The molecule has 0 aliphatic rings. The molecule has 0 aliphatic carbocycles. The van der Waals surface area contributed by atoms with Gasteiger partial charge in [0.25, 0.3) is 0 Å². The molecule has 0 spiro atoms. The molecule has 37 heavy (non-hydrogen) atoms. The first-order chi connectivity index (χ1) is 17.8. The van der Waals surface area contributed by atoms with Gasteiger partial charge in [-0.05, 0) is 30.7 Å². The van der Waals surface area contributed by atoms with Crippen LogP contribution in [0.25, 0.3) is 17.2 Å². The SMILES string of the molecule is COc1cccc(-c2nnc(NS(=O)(=O)C[C@@H](N)c3ncc(C)cn3)n2-c2c(OC)cccc2OC)n1. The zero-order chi connectivity index (χ0) is 26.6. The van der Waals surface area contributed by atoms with Crippen molar-refractivity contribution in [3.8, 4) is 34.6 Å². The molecule has 1 atom stereocenters. The van der Waals surface area contributed by atoms with E-state index >= 15 is 0 Å². The summed E-state index contributed by atoms with van der Waals surface area (Å²) in [5, 5.41) is 8.33. The lowest BCUT2D eigenvalue weighted by atomic mass is 10.2. The second-order valence-corrected chi connectivity index (χ2v) is 9.63. The highest BCUT2D eigenvalue weighted by Crippen LogP contribution is 2.37. The van der Waals surface area contributed by atoms with Gasteiger partial charge < -0.3 is 19.9 Å². The van der Waals surface area contributed by atoms with Gasteiger partial charge in [0.15, 0.2) is 5.82 Å². The first-order valence-corrected chi connectivity index (χ1v) is 12.6. The zero-order valence-corrected chi connectivity index (χ0v) is 21.4. The lowest BCUT2D eigenvalue weighted by Gasteiger charge is -2.18. The number of pyridine rings is 1. The monoisotopic (exact) mass is 526 g/mol. The molecular weight excluding hydrogens is 500 g/mol. The third-order valence-electron chi connectivity index (χ3n) is 5.23. The molecular formula is C23H26N8O5S. The first kappa shape index (κ1) is 25.8. The molecule has 0 unspecified atom stereocenters. The Bertz CT molecular complexity index is 1470. The fourth-order valence-electron chi connectivity index (χ4n) is 3.52. The molecule has 0 aliphatic heterocycles. The van der Waals surface area contributed by atoms with E-state index in [0.717, 1.165) is 5.56 Å². The molecule has 194 valence electrons. The molecule has 3 N–H and O–H groups in total. The van der Waals surface area contributed by atoms with E-state index in [9.17, 15) is 8.42 Å². The van der Waals surface area contributed by atoms with Crippen LogP contribution in [0.2, 0.25) is 0 Å². The molecule has 4 aromatic rings. The van der Waals surface area contributed by atoms with Gasteiger partial charge in [0.05, 0.1) is 33.1 Å². The Morgan fingerprint density at radius 1 is 0.973 bits per heavy atom. The highest BCUT2D eigenvalue weighted by Gasteiger charge is 2.27. The van der Waals surface area contributed by atoms with Gasteiger partial charge in [0.2, 0.25) is 21.9 Å². The summed E-state index contributed by atoms with van der Waals surface area (Å²) in [6.07, 6.45) is 3.14. The molecule has 0 radical (unpaired) electrons. The Balaban J connectivity index is 1.80. The van der Waals surface area contributed by atoms with Crippen molar-refractivity contribution in [1.29, 1.82) is 0 Å². The number of methoxy groups -OCH3 is 3. The largest absolute Gasteiger partial charge is 0.494 e. The molecule has 0 saturated heterocycles. The van der Waals surface area contributed by atoms with Gasteiger partial charge in [0.1, 0.15) is 28.7 Å². The molecule has 3 aromatic heterocycles. The number of nitrogens with two attached hydrogens (primary N) is 1. The van der Waals surface area contributed by atoms with Crippen molar-refractivity contribution in [3.63, 3.8) is 0 Å². The van der Waals surface area contributed by atoms with Crippen LogP contribution in [-0.2, 0) is 10.0 Å². The minimum absolute atomic E-state index is 0.126. The summed E-state index contributed by atoms with van der Waals surface area (Å²) in [4.78, 5) is 12.7. The quantitative estimate of drug-likeness (QED) is 0.309. The van der Waals surface area contributed by atoms with Crippen LogP contribution < -0.4 is 24.7 Å². The molecule has 0 bridgehead atoms. The second-order valence-electron chi connectivity index (χ2n) is 7.87. The van der Waals surface area contributed by atoms with Crippen LogP contribution in [0.1, 0.15) is 17.4 Å². The van der Waals surface area contributed by atoms with Gasteiger partial charge in [-0.15, -0.1) is 10.2 Å². The van der Waals surface area contributed by atoms with Crippen molar-refractivity contribution in [2.45, 2.75) is 13.0 Å². The van der Waals surface area contributed by atoms with Crippen LogP contribution in [0, 0.1) is 6.92 Å². The summed E-state index contributed by atoms with van der Waals surface area (Å²) in [7, 11) is 0.404. The van der Waals surface area contributed by atoms with Crippen molar-refractivity contribution in [2.75, 3.05) is 31.8 Å². The average Bonchev–Trinajstić information content (AvgIpc) is 3.30. The normalized spacial score (nSPS) is 12.1. The van der Waals surface area contributed by atoms with Crippen LogP contribution in [0.15, 0.2) is 48.8 Å². The Morgan fingerprint density at radius 2 is 1.62 bits per heavy atom. The average molecular weight is 527 g/mol. The molecule has 0 amide bonds. The number of para-hydroxylation sites is 1. The number of ether oxygens (including phenoxy) is 3. The van der Waals surface area contributed by atoms with E-state index in [1.165, 1.54) is 25.9 Å². The fraction of sp³-hybridized carbons (Fsp3) is 0.261. The summed E-state index contributed by atoms with van der Waals surface area (Å²) >= 11 is 0. The maximum atomic E-state index is 13.2. The van der Waals surface area contributed by atoms with Gasteiger partial charge in [-0.3, -0.25) is 9.29 Å². The van der Waals surface area contributed by atoms with Crippen molar-refractivity contribution in [1.82, 2.24) is 29.7 Å². The van der Waals surface area contributed by atoms with E-state index in [4.69, 9.17) is 19.9 Å². The highest BCUT2D eigenvalue weighted by atomic mass is 32.2. The number of nitrogens with zero attached hydrogens (tertiary/aromatic N) is 6. The van der Waals surface area contributed by atoms with Crippen LogP contribution >= 0.6 is 0 Å². The van der Waals surface area contributed by atoms with Crippen molar-refractivity contribution in [2.24, 2.45) is 5.73 Å². The molecule has 13 nitrogen and oxygen atoms in total.